The van der Waals surface area contributed by atoms with E-state index in [1.165, 1.54) is 0 Å². The van der Waals surface area contributed by atoms with Gasteiger partial charge in [-0.3, -0.25) is 4.79 Å². The van der Waals surface area contributed by atoms with Gasteiger partial charge >= 0.3 is 0 Å². The van der Waals surface area contributed by atoms with Crippen molar-refractivity contribution >= 4 is 21.8 Å². The molecule has 2 N–H and O–H groups in total. The Morgan fingerprint density at radius 1 is 1.60 bits per heavy atom. The van der Waals surface area contributed by atoms with E-state index in [9.17, 15) is 4.79 Å². The van der Waals surface area contributed by atoms with Crippen molar-refractivity contribution in [1.29, 1.82) is 0 Å². The number of nitrogens with one attached hydrogen (secondary N) is 1. The number of benzene rings is 1. The van der Waals surface area contributed by atoms with Crippen LogP contribution >= 0.6 is 15.9 Å². The molecule has 0 unspecified atom stereocenters. The van der Waals surface area contributed by atoms with Gasteiger partial charge in [0.2, 0.25) is 0 Å². The first kappa shape index (κ1) is 12.2. The highest BCUT2D eigenvalue weighted by Gasteiger charge is 2.11. The third-order valence-electron chi connectivity index (χ3n) is 1.99. The number of rotatable bonds is 3. The number of aryl methyl sites for hydroxylation is 1. The molecule has 0 bridgehead atoms. The zero-order valence-electron chi connectivity index (χ0n) is 8.75. The fourth-order valence-corrected chi connectivity index (χ4v) is 1.60. The molecule has 1 atom stereocenters. The van der Waals surface area contributed by atoms with Crippen LogP contribution in [0, 0.1) is 6.92 Å². The van der Waals surface area contributed by atoms with Crippen LogP contribution in [0.4, 0.5) is 0 Å². The third kappa shape index (κ3) is 3.32. The van der Waals surface area contributed by atoms with Crippen molar-refractivity contribution in [2.24, 2.45) is 0 Å². The Bertz CT molecular complexity index is 364. The number of halogens is 1. The summed E-state index contributed by atoms with van der Waals surface area (Å²) < 4.78 is 0.799. The van der Waals surface area contributed by atoms with Crippen LogP contribution in [0.15, 0.2) is 22.7 Å². The van der Waals surface area contributed by atoms with Crippen molar-refractivity contribution in [2.75, 3.05) is 6.54 Å². The molecule has 1 amide bonds. The van der Waals surface area contributed by atoms with Gasteiger partial charge in [0.05, 0.1) is 11.7 Å². The molecule has 1 rings (SSSR count). The van der Waals surface area contributed by atoms with Gasteiger partial charge in [-0.25, -0.2) is 0 Å². The Morgan fingerprint density at radius 2 is 2.27 bits per heavy atom. The molecule has 0 spiro atoms. The van der Waals surface area contributed by atoms with Gasteiger partial charge in [0.25, 0.3) is 5.91 Å². The summed E-state index contributed by atoms with van der Waals surface area (Å²) in [5.74, 6) is -0.175. The molecule has 0 saturated carbocycles. The summed E-state index contributed by atoms with van der Waals surface area (Å²) in [7, 11) is 0. The molecule has 4 heteroatoms. The van der Waals surface area contributed by atoms with Crippen LogP contribution in [0.25, 0.3) is 0 Å². The van der Waals surface area contributed by atoms with Crippen LogP contribution < -0.4 is 5.32 Å². The minimum atomic E-state index is -0.530. The molecule has 0 aromatic heterocycles. The monoisotopic (exact) mass is 271 g/mol. The van der Waals surface area contributed by atoms with E-state index in [0.717, 1.165) is 10.0 Å². The minimum absolute atomic E-state index is 0.175. The van der Waals surface area contributed by atoms with Crippen molar-refractivity contribution < 1.29 is 9.90 Å². The van der Waals surface area contributed by atoms with Crippen molar-refractivity contribution in [3.05, 3.63) is 33.8 Å². The zero-order chi connectivity index (χ0) is 11.4. The highest BCUT2D eigenvalue weighted by atomic mass is 79.9. The summed E-state index contributed by atoms with van der Waals surface area (Å²) in [4.78, 5) is 11.7. The lowest BCUT2D eigenvalue weighted by Crippen LogP contribution is -2.30. The Kier molecular flexibility index (Phi) is 4.29. The average molecular weight is 272 g/mol. The van der Waals surface area contributed by atoms with Crippen LogP contribution in [-0.4, -0.2) is 23.7 Å². The summed E-state index contributed by atoms with van der Waals surface area (Å²) in [5, 5.41) is 11.7. The summed E-state index contributed by atoms with van der Waals surface area (Å²) in [6.07, 6.45) is -0.530. The number of amides is 1. The highest BCUT2D eigenvalue weighted by molar-refractivity contribution is 9.10. The lowest BCUT2D eigenvalue weighted by Gasteiger charge is -2.09. The molecule has 0 heterocycles. The molecule has 15 heavy (non-hydrogen) atoms. The second kappa shape index (κ2) is 5.28. The Labute approximate surface area is 97.6 Å². The van der Waals surface area contributed by atoms with Crippen LogP contribution in [0.2, 0.25) is 0 Å². The fraction of sp³-hybridized carbons (Fsp3) is 0.364. The summed E-state index contributed by atoms with van der Waals surface area (Å²) in [6.45, 7) is 3.82. The topological polar surface area (TPSA) is 49.3 Å². The Hall–Kier alpha value is -0.870. The van der Waals surface area contributed by atoms with Gasteiger partial charge in [0.1, 0.15) is 0 Å². The largest absolute Gasteiger partial charge is 0.392 e. The van der Waals surface area contributed by atoms with Crippen molar-refractivity contribution in [3.8, 4) is 0 Å². The van der Waals surface area contributed by atoms with Gasteiger partial charge in [-0.1, -0.05) is 12.1 Å². The van der Waals surface area contributed by atoms with E-state index in [1.807, 2.05) is 19.1 Å². The molecule has 1 aromatic rings. The van der Waals surface area contributed by atoms with Gasteiger partial charge in [-0.2, -0.15) is 0 Å². The molecule has 0 radical (unpaired) electrons. The normalized spacial score (nSPS) is 12.3. The molecular weight excluding hydrogens is 258 g/mol. The molecule has 0 saturated heterocycles. The SMILES string of the molecule is Cc1cccc(C(=O)NC[C@@H](C)O)c1Br. The maximum absolute atomic E-state index is 11.7. The fourth-order valence-electron chi connectivity index (χ4n) is 1.16. The first-order valence-electron chi connectivity index (χ1n) is 4.73. The molecule has 0 aliphatic carbocycles. The van der Waals surface area contributed by atoms with E-state index in [1.54, 1.807) is 13.0 Å². The van der Waals surface area contributed by atoms with Gasteiger partial charge in [0.15, 0.2) is 0 Å². The number of hydrogen-bond donors (Lipinski definition) is 2. The second-order valence-corrected chi connectivity index (χ2v) is 4.29. The molecule has 82 valence electrons. The van der Waals surface area contributed by atoms with E-state index in [0.29, 0.717) is 5.56 Å². The molecule has 0 aliphatic heterocycles. The molecular formula is C11H14BrNO2. The maximum Gasteiger partial charge on any atom is 0.252 e. The minimum Gasteiger partial charge on any atom is -0.392 e. The number of hydrogen-bond acceptors (Lipinski definition) is 2. The summed E-state index contributed by atoms with van der Waals surface area (Å²) >= 11 is 3.36. The second-order valence-electron chi connectivity index (χ2n) is 3.50. The molecule has 3 nitrogen and oxygen atoms in total. The first-order valence-corrected chi connectivity index (χ1v) is 5.53. The lowest BCUT2D eigenvalue weighted by molar-refractivity contribution is 0.0923. The maximum atomic E-state index is 11.7. The lowest BCUT2D eigenvalue weighted by atomic mass is 10.1. The standard InChI is InChI=1S/C11H14BrNO2/c1-7-4-3-5-9(10(7)12)11(15)13-6-8(2)14/h3-5,8,14H,6H2,1-2H3,(H,13,15)/t8-/m1/s1. The molecule has 0 fully saturated rings. The smallest absolute Gasteiger partial charge is 0.252 e. The van der Waals surface area contributed by atoms with E-state index < -0.39 is 6.10 Å². The van der Waals surface area contributed by atoms with Crippen LogP contribution in [0.1, 0.15) is 22.8 Å². The van der Waals surface area contributed by atoms with Crippen LogP contribution in [-0.2, 0) is 0 Å². The van der Waals surface area contributed by atoms with Gasteiger partial charge in [-0.15, -0.1) is 0 Å². The predicted octanol–water partition coefficient (Wildman–Crippen LogP) is 1.87. The van der Waals surface area contributed by atoms with E-state index in [2.05, 4.69) is 21.2 Å². The number of carbonyl (C=O) groups excluding carboxylic acids is 1. The summed E-state index contributed by atoms with van der Waals surface area (Å²) in [5.41, 5.74) is 1.61. The first-order chi connectivity index (χ1) is 7.02. The van der Waals surface area contributed by atoms with E-state index >= 15 is 0 Å². The zero-order valence-corrected chi connectivity index (χ0v) is 10.3. The molecule has 1 aromatic carbocycles. The molecule has 0 aliphatic rings. The number of aliphatic hydroxyl groups is 1. The van der Waals surface area contributed by atoms with Crippen LogP contribution in [0.3, 0.4) is 0 Å². The van der Waals surface area contributed by atoms with Gasteiger partial charge in [-0.05, 0) is 41.4 Å². The van der Waals surface area contributed by atoms with Crippen molar-refractivity contribution in [3.63, 3.8) is 0 Å². The quantitative estimate of drug-likeness (QED) is 0.882. The van der Waals surface area contributed by atoms with Gasteiger partial charge < -0.3 is 10.4 Å². The third-order valence-corrected chi connectivity index (χ3v) is 3.05. The average Bonchev–Trinajstić information content (AvgIpc) is 2.18. The summed E-state index contributed by atoms with van der Waals surface area (Å²) in [6, 6.07) is 5.50. The predicted molar refractivity (Wildman–Crippen MR) is 62.9 cm³/mol. The highest BCUT2D eigenvalue weighted by Crippen LogP contribution is 2.20. The van der Waals surface area contributed by atoms with Crippen molar-refractivity contribution in [1.82, 2.24) is 5.32 Å². The van der Waals surface area contributed by atoms with Gasteiger partial charge in [0, 0.05) is 11.0 Å². The van der Waals surface area contributed by atoms with Crippen LogP contribution in [0.5, 0.6) is 0 Å². The number of carbonyl (C=O) groups is 1. The van der Waals surface area contributed by atoms with E-state index in [4.69, 9.17) is 5.11 Å². The number of aliphatic hydroxyl groups excluding tert-OH is 1. The Balaban J connectivity index is 2.78. The van der Waals surface area contributed by atoms with Crippen molar-refractivity contribution in [2.45, 2.75) is 20.0 Å². The Morgan fingerprint density at radius 3 is 2.87 bits per heavy atom. The van der Waals surface area contributed by atoms with E-state index in [-0.39, 0.29) is 12.5 Å².